The predicted octanol–water partition coefficient (Wildman–Crippen LogP) is 0.436. The van der Waals surface area contributed by atoms with Crippen molar-refractivity contribution < 1.29 is 13.9 Å². The molecular weight excluding hydrogens is 187 g/mol. The van der Waals surface area contributed by atoms with Crippen LogP contribution < -0.4 is 5.73 Å². The van der Waals surface area contributed by atoms with E-state index in [1.807, 2.05) is 0 Å². The van der Waals surface area contributed by atoms with E-state index in [4.69, 9.17) is 5.73 Å². The zero-order chi connectivity index (χ0) is 10.6. The molecule has 0 bridgehead atoms. The summed E-state index contributed by atoms with van der Waals surface area (Å²) in [6.07, 6.45) is 1.29. The van der Waals surface area contributed by atoms with Gasteiger partial charge in [-0.15, -0.1) is 0 Å². The Morgan fingerprint density at radius 3 is 3.00 bits per heavy atom. The first-order chi connectivity index (χ1) is 6.69. The van der Waals surface area contributed by atoms with Gasteiger partial charge < -0.3 is 10.5 Å². The number of nitrogens with two attached hydrogens (primary N) is 1. The predicted molar refractivity (Wildman–Crippen MR) is 48.0 cm³/mol. The lowest BCUT2D eigenvalue weighted by Crippen LogP contribution is -2.23. The Kier molecular flexibility index (Phi) is 3.53. The van der Waals surface area contributed by atoms with Crippen LogP contribution in [-0.2, 0) is 9.53 Å². The molecule has 1 heterocycles. The highest BCUT2D eigenvalue weighted by atomic mass is 19.1. The van der Waals surface area contributed by atoms with Crippen LogP contribution in [0, 0.1) is 5.82 Å². The number of ether oxygens (including phenoxy) is 1. The minimum absolute atomic E-state index is 0.0448. The summed E-state index contributed by atoms with van der Waals surface area (Å²) < 4.78 is 17.3. The van der Waals surface area contributed by atoms with Crippen LogP contribution in [0.4, 0.5) is 4.39 Å². The van der Waals surface area contributed by atoms with Gasteiger partial charge in [0.05, 0.1) is 12.8 Å². The first-order valence-corrected chi connectivity index (χ1v) is 4.08. The lowest BCUT2D eigenvalue weighted by molar-refractivity contribution is -0.142. The summed E-state index contributed by atoms with van der Waals surface area (Å²) >= 11 is 0. The van der Waals surface area contributed by atoms with E-state index in [0.717, 1.165) is 0 Å². The molecule has 1 rings (SSSR count). The highest BCUT2D eigenvalue weighted by molar-refractivity contribution is 5.77. The Morgan fingerprint density at radius 1 is 1.79 bits per heavy atom. The van der Waals surface area contributed by atoms with Gasteiger partial charge in [-0.25, -0.2) is 4.39 Å². The van der Waals surface area contributed by atoms with Gasteiger partial charge in [0.25, 0.3) is 0 Å². The molecule has 0 aromatic carbocycles. The van der Waals surface area contributed by atoms with Crippen molar-refractivity contribution in [3.8, 4) is 0 Å². The summed E-state index contributed by atoms with van der Waals surface area (Å²) in [5.74, 6) is -1.65. The van der Waals surface area contributed by atoms with E-state index >= 15 is 0 Å². The molecule has 0 aliphatic rings. The van der Waals surface area contributed by atoms with Crippen LogP contribution in [0.25, 0.3) is 0 Å². The minimum atomic E-state index is -0.698. The molecule has 14 heavy (non-hydrogen) atoms. The molecule has 4 nitrogen and oxygen atoms in total. The molecule has 0 fully saturated rings. The van der Waals surface area contributed by atoms with Crippen LogP contribution in [0.15, 0.2) is 18.3 Å². The van der Waals surface area contributed by atoms with E-state index in [1.54, 1.807) is 0 Å². The molecule has 5 heteroatoms. The number of aromatic nitrogens is 1. The standard InChI is InChI=1S/C9H11FN2O2/c1-14-9(13)7(5-11)8-4-6(10)2-3-12-8/h2-4,7H,5,11H2,1H3. The van der Waals surface area contributed by atoms with Gasteiger partial charge in [-0.3, -0.25) is 9.78 Å². The number of carbonyl (C=O) groups is 1. The molecule has 0 aliphatic heterocycles. The number of hydrogen-bond acceptors (Lipinski definition) is 4. The lowest BCUT2D eigenvalue weighted by Gasteiger charge is -2.10. The van der Waals surface area contributed by atoms with Gasteiger partial charge in [-0.1, -0.05) is 0 Å². The molecule has 0 saturated heterocycles. The third kappa shape index (κ3) is 2.26. The fourth-order valence-corrected chi connectivity index (χ4v) is 1.09. The number of esters is 1. The van der Waals surface area contributed by atoms with Crippen molar-refractivity contribution in [3.63, 3.8) is 0 Å². The third-order valence-corrected chi connectivity index (χ3v) is 1.82. The largest absolute Gasteiger partial charge is 0.468 e. The molecule has 0 radical (unpaired) electrons. The van der Waals surface area contributed by atoms with Gasteiger partial charge in [0.1, 0.15) is 11.7 Å². The van der Waals surface area contributed by atoms with Crippen LogP contribution in [0.1, 0.15) is 11.6 Å². The smallest absolute Gasteiger partial charge is 0.316 e. The number of carbonyl (C=O) groups excluding carboxylic acids is 1. The second-order valence-electron chi connectivity index (χ2n) is 2.71. The fourth-order valence-electron chi connectivity index (χ4n) is 1.09. The Balaban J connectivity index is 2.94. The van der Waals surface area contributed by atoms with Crippen LogP contribution in [0.3, 0.4) is 0 Å². The van der Waals surface area contributed by atoms with Gasteiger partial charge in [0.15, 0.2) is 0 Å². The summed E-state index contributed by atoms with van der Waals surface area (Å²) in [5.41, 5.74) is 5.66. The van der Waals surface area contributed by atoms with Crippen molar-refractivity contribution in [2.24, 2.45) is 5.73 Å². The number of hydrogen-bond donors (Lipinski definition) is 1. The quantitative estimate of drug-likeness (QED) is 0.715. The number of methoxy groups -OCH3 is 1. The summed E-state index contributed by atoms with van der Waals surface area (Å²) in [7, 11) is 1.25. The Labute approximate surface area is 80.9 Å². The Bertz CT molecular complexity index is 330. The van der Waals surface area contributed by atoms with Gasteiger partial charge in [0, 0.05) is 12.7 Å². The van der Waals surface area contributed by atoms with Crippen molar-refractivity contribution in [1.82, 2.24) is 4.98 Å². The van der Waals surface area contributed by atoms with E-state index in [0.29, 0.717) is 5.69 Å². The SMILES string of the molecule is COC(=O)C(CN)c1cc(F)ccn1. The van der Waals surface area contributed by atoms with Crippen LogP contribution in [0.5, 0.6) is 0 Å². The monoisotopic (exact) mass is 198 g/mol. The highest BCUT2D eigenvalue weighted by Crippen LogP contribution is 2.14. The minimum Gasteiger partial charge on any atom is -0.468 e. The van der Waals surface area contributed by atoms with Crippen molar-refractivity contribution in [2.75, 3.05) is 13.7 Å². The number of pyridine rings is 1. The highest BCUT2D eigenvalue weighted by Gasteiger charge is 2.21. The third-order valence-electron chi connectivity index (χ3n) is 1.82. The average molecular weight is 198 g/mol. The molecule has 1 atom stereocenters. The fraction of sp³-hybridized carbons (Fsp3) is 0.333. The molecule has 0 spiro atoms. The maximum absolute atomic E-state index is 12.8. The molecule has 0 saturated carbocycles. The molecule has 76 valence electrons. The normalized spacial score (nSPS) is 12.2. The Morgan fingerprint density at radius 2 is 2.50 bits per heavy atom. The van der Waals surface area contributed by atoms with E-state index < -0.39 is 17.7 Å². The molecule has 1 unspecified atom stereocenters. The molecular formula is C9H11FN2O2. The van der Waals surface area contributed by atoms with Crippen molar-refractivity contribution >= 4 is 5.97 Å². The molecule has 1 aromatic rings. The van der Waals surface area contributed by atoms with Crippen LogP contribution in [-0.4, -0.2) is 24.6 Å². The van der Waals surface area contributed by atoms with Crippen molar-refractivity contribution in [1.29, 1.82) is 0 Å². The number of halogens is 1. The summed E-state index contributed by atoms with van der Waals surface area (Å²) in [5, 5.41) is 0. The molecule has 0 aliphatic carbocycles. The van der Waals surface area contributed by atoms with Crippen LogP contribution >= 0.6 is 0 Å². The van der Waals surface area contributed by atoms with E-state index in [2.05, 4.69) is 9.72 Å². The van der Waals surface area contributed by atoms with E-state index in [9.17, 15) is 9.18 Å². The van der Waals surface area contributed by atoms with Crippen LogP contribution in [0.2, 0.25) is 0 Å². The van der Waals surface area contributed by atoms with E-state index in [-0.39, 0.29) is 6.54 Å². The second-order valence-corrected chi connectivity index (χ2v) is 2.71. The molecule has 2 N–H and O–H groups in total. The Hall–Kier alpha value is -1.49. The molecule has 0 amide bonds. The second kappa shape index (κ2) is 4.66. The number of rotatable bonds is 3. The van der Waals surface area contributed by atoms with Crippen molar-refractivity contribution in [3.05, 3.63) is 29.8 Å². The number of nitrogens with zero attached hydrogens (tertiary/aromatic N) is 1. The maximum atomic E-state index is 12.8. The first kappa shape index (κ1) is 10.6. The topological polar surface area (TPSA) is 65.2 Å². The van der Waals surface area contributed by atoms with Gasteiger partial charge in [-0.2, -0.15) is 0 Å². The van der Waals surface area contributed by atoms with E-state index in [1.165, 1.54) is 25.4 Å². The lowest BCUT2D eigenvalue weighted by atomic mass is 10.1. The van der Waals surface area contributed by atoms with Gasteiger partial charge in [-0.05, 0) is 12.1 Å². The van der Waals surface area contributed by atoms with Crippen molar-refractivity contribution in [2.45, 2.75) is 5.92 Å². The van der Waals surface area contributed by atoms with Gasteiger partial charge >= 0.3 is 5.97 Å². The average Bonchev–Trinajstić information content (AvgIpc) is 2.19. The first-order valence-electron chi connectivity index (χ1n) is 4.08. The summed E-state index contributed by atoms with van der Waals surface area (Å²) in [4.78, 5) is 15.0. The molecule has 1 aromatic heterocycles. The zero-order valence-electron chi connectivity index (χ0n) is 7.74. The zero-order valence-corrected chi connectivity index (χ0v) is 7.74. The maximum Gasteiger partial charge on any atom is 0.316 e. The summed E-state index contributed by atoms with van der Waals surface area (Å²) in [6, 6.07) is 2.38. The summed E-state index contributed by atoms with van der Waals surface area (Å²) in [6.45, 7) is 0.0448. The van der Waals surface area contributed by atoms with Gasteiger partial charge in [0.2, 0.25) is 0 Å².